The van der Waals surface area contributed by atoms with Crippen molar-refractivity contribution >= 4 is 17.1 Å². The molecule has 6 aromatic carbocycles. The molecule has 0 radical (unpaired) electrons. The Morgan fingerprint density at radius 1 is 0.410 bits per heavy atom. The summed E-state index contributed by atoms with van der Waals surface area (Å²) in [6, 6.07) is 55.2. The fraction of sp³-hybridized carbons (Fsp3) is 0.0270. The van der Waals surface area contributed by atoms with Crippen LogP contribution in [0.1, 0.15) is 0 Å². The molecule has 0 saturated heterocycles. The van der Waals surface area contributed by atoms with E-state index >= 15 is 0 Å². The van der Waals surface area contributed by atoms with Gasteiger partial charge in [0.05, 0.1) is 12.8 Å². The first-order valence-electron chi connectivity index (χ1n) is 13.2. The molecule has 6 rings (SSSR count). The van der Waals surface area contributed by atoms with Crippen molar-refractivity contribution in [1.29, 1.82) is 0 Å². The highest BCUT2D eigenvalue weighted by atomic mass is 16.5. The first-order valence-corrected chi connectivity index (χ1v) is 13.2. The Bertz CT molecular complexity index is 1570. The third-order valence-corrected chi connectivity index (χ3v) is 6.94. The number of rotatable bonds is 7. The lowest BCUT2D eigenvalue weighted by molar-refractivity contribution is 0.415. The number of anilines is 3. The molecule has 2 nitrogen and oxygen atoms in total. The molecule has 0 amide bonds. The van der Waals surface area contributed by atoms with E-state index in [0.29, 0.717) is 0 Å². The van der Waals surface area contributed by atoms with Crippen LogP contribution in [-0.2, 0) is 0 Å². The third kappa shape index (κ3) is 5.05. The second-order valence-corrected chi connectivity index (χ2v) is 9.39. The van der Waals surface area contributed by atoms with E-state index in [0.717, 1.165) is 28.4 Å². The van der Waals surface area contributed by atoms with Crippen molar-refractivity contribution in [3.63, 3.8) is 0 Å². The molecule has 2 heteroatoms. The van der Waals surface area contributed by atoms with E-state index in [2.05, 4.69) is 150 Å². The Balaban J connectivity index is 1.63. The van der Waals surface area contributed by atoms with Gasteiger partial charge >= 0.3 is 0 Å². The molecule has 0 fully saturated rings. The molecule has 0 aliphatic heterocycles. The van der Waals surface area contributed by atoms with E-state index in [1.54, 1.807) is 7.11 Å². The van der Waals surface area contributed by atoms with Crippen molar-refractivity contribution in [3.8, 4) is 39.1 Å². The van der Waals surface area contributed by atoms with Crippen molar-refractivity contribution in [1.82, 2.24) is 0 Å². The summed E-state index contributed by atoms with van der Waals surface area (Å²) >= 11 is 0. The molecule has 0 atom stereocenters. The predicted molar refractivity (Wildman–Crippen MR) is 164 cm³/mol. The summed E-state index contributed by atoms with van der Waals surface area (Å²) < 4.78 is 5.90. The van der Waals surface area contributed by atoms with Crippen LogP contribution in [0.15, 0.2) is 158 Å². The molecule has 6 aromatic rings. The second-order valence-electron chi connectivity index (χ2n) is 9.39. The number of hydrogen-bond donors (Lipinski definition) is 0. The van der Waals surface area contributed by atoms with Crippen LogP contribution in [0.3, 0.4) is 0 Å². The maximum atomic E-state index is 5.90. The van der Waals surface area contributed by atoms with Crippen molar-refractivity contribution in [3.05, 3.63) is 158 Å². The molecule has 0 heterocycles. The van der Waals surface area contributed by atoms with Crippen molar-refractivity contribution < 1.29 is 4.74 Å². The van der Waals surface area contributed by atoms with Crippen LogP contribution in [0.4, 0.5) is 17.1 Å². The average Bonchev–Trinajstić information content (AvgIpc) is 3.02. The number of para-hydroxylation sites is 2. The van der Waals surface area contributed by atoms with Gasteiger partial charge in [0.2, 0.25) is 0 Å². The summed E-state index contributed by atoms with van der Waals surface area (Å²) in [6.07, 6.45) is 0. The number of hydrogen-bond acceptors (Lipinski definition) is 2. The summed E-state index contributed by atoms with van der Waals surface area (Å²) in [5, 5.41) is 0. The Morgan fingerprint density at radius 3 is 1.33 bits per heavy atom. The van der Waals surface area contributed by atoms with Crippen molar-refractivity contribution in [2.45, 2.75) is 0 Å². The van der Waals surface area contributed by atoms with Crippen LogP contribution in [0.5, 0.6) is 5.75 Å². The van der Waals surface area contributed by atoms with Gasteiger partial charge in [0.15, 0.2) is 0 Å². The smallest absolute Gasteiger partial charge is 0.121 e. The molecular formula is C37H29NO. The molecule has 39 heavy (non-hydrogen) atoms. The van der Waals surface area contributed by atoms with Gasteiger partial charge in [-0.2, -0.15) is 0 Å². The molecule has 0 saturated carbocycles. The molecule has 0 aliphatic carbocycles. The maximum Gasteiger partial charge on any atom is 0.121 e. The predicted octanol–water partition coefficient (Wildman–Crippen LogP) is 10.2. The van der Waals surface area contributed by atoms with Crippen LogP contribution in [0.25, 0.3) is 33.4 Å². The highest BCUT2D eigenvalue weighted by Crippen LogP contribution is 2.44. The minimum absolute atomic E-state index is 0.807. The van der Waals surface area contributed by atoms with Gasteiger partial charge < -0.3 is 9.64 Å². The van der Waals surface area contributed by atoms with E-state index < -0.39 is 0 Å². The standard InChI is InChI=1S/C37H29NO/c1-39-34-26-30(25-33(27-34)38(31-19-10-4-11-20-31)32-21-12-5-13-22-32)37-35(28-15-6-2-7-16-28)23-14-24-36(37)29-17-8-3-9-18-29/h2-27H,1H3. The van der Waals surface area contributed by atoms with Gasteiger partial charge in [-0.25, -0.2) is 0 Å². The molecular weight excluding hydrogens is 474 g/mol. The van der Waals surface area contributed by atoms with E-state index in [9.17, 15) is 0 Å². The van der Waals surface area contributed by atoms with Gasteiger partial charge in [-0.15, -0.1) is 0 Å². The van der Waals surface area contributed by atoms with Crippen LogP contribution in [-0.4, -0.2) is 7.11 Å². The Morgan fingerprint density at radius 2 is 0.872 bits per heavy atom. The zero-order chi connectivity index (χ0) is 26.4. The van der Waals surface area contributed by atoms with E-state index in [-0.39, 0.29) is 0 Å². The largest absolute Gasteiger partial charge is 0.497 e. The highest BCUT2D eigenvalue weighted by Gasteiger charge is 2.19. The lowest BCUT2D eigenvalue weighted by atomic mass is 9.87. The summed E-state index contributed by atoms with van der Waals surface area (Å²) in [6.45, 7) is 0. The van der Waals surface area contributed by atoms with Crippen LogP contribution in [0, 0.1) is 0 Å². The quantitative estimate of drug-likeness (QED) is 0.215. The number of ether oxygens (including phenoxy) is 1. The molecule has 0 bridgehead atoms. The summed E-state index contributed by atoms with van der Waals surface area (Å²) in [4.78, 5) is 2.28. The molecule has 0 aliphatic rings. The summed E-state index contributed by atoms with van der Waals surface area (Å²) in [7, 11) is 1.74. The lowest BCUT2D eigenvalue weighted by Gasteiger charge is -2.27. The van der Waals surface area contributed by atoms with Gasteiger partial charge in [-0.1, -0.05) is 115 Å². The molecule has 0 spiro atoms. The van der Waals surface area contributed by atoms with Gasteiger partial charge in [0.1, 0.15) is 5.75 Å². The van der Waals surface area contributed by atoms with Gasteiger partial charge in [0.25, 0.3) is 0 Å². The monoisotopic (exact) mass is 503 g/mol. The minimum Gasteiger partial charge on any atom is -0.497 e. The van der Waals surface area contributed by atoms with Crippen LogP contribution >= 0.6 is 0 Å². The fourth-order valence-electron chi connectivity index (χ4n) is 5.16. The number of nitrogens with zero attached hydrogens (tertiary/aromatic N) is 1. The summed E-state index contributed by atoms with van der Waals surface area (Å²) in [5.41, 5.74) is 10.2. The first-order chi connectivity index (χ1) is 19.3. The Kier molecular flexibility index (Phi) is 6.92. The van der Waals surface area contributed by atoms with Crippen LogP contribution in [0.2, 0.25) is 0 Å². The average molecular weight is 504 g/mol. The first kappa shape index (κ1) is 24.3. The van der Waals surface area contributed by atoms with Crippen LogP contribution < -0.4 is 9.64 Å². The second kappa shape index (κ2) is 11.1. The lowest BCUT2D eigenvalue weighted by Crippen LogP contribution is -2.10. The normalized spacial score (nSPS) is 10.7. The van der Waals surface area contributed by atoms with Crippen molar-refractivity contribution in [2.75, 3.05) is 12.0 Å². The van der Waals surface area contributed by atoms with Gasteiger partial charge in [-0.3, -0.25) is 0 Å². The number of benzene rings is 6. The molecule has 188 valence electrons. The van der Waals surface area contributed by atoms with E-state index in [1.165, 1.54) is 27.8 Å². The zero-order valence-electron chi connectivity index (χ0n) is 21.9. The van der Waals surface area contributed by atoms with Crippen molar-refractivity contribution in [2.24, 2.45) is 0 Å². The topological polar surface area (TPSA) is 12.5 Å². The maximum absolute atomic E-state index is 5.90. The Hall–Kier alpha value is -5.08. The fourth-order valence-corrected chi connectivity index (χ4v) is 5.16. The SMILES string of the molecule is COc1cc(-c2c(-c3ccccc3)cccc2-c2ccccc2)cc(N(c2ccccc2)c2ccccc2)c1. The Labute approximate surface area is 230 Å². The molecule has 0 N–H and O–H groups in total. The van der Waals surface area contributed by atoms with E-state index in [4.69, 9.17) is 4.74 Å². The number of methoxy groups -OCH3 is 1. The van der Waals surface area contributed by atoms with E-state index in [1.807, 2.05) is 12.1 Å². The minimum atomic E-state index is 0.807. The molecule has 0 aromatic heterocycles. The molecule has 0 unspecified atom stereocenters. The van der Waals surface area contributed by atoms with Gasteiger partial charge in [0, 0.05) is 17.4 Å². The third-order valence-electron chi connectivity index (χ3n) is 6.94. The zero-order valence-corrected chi connectivity index (χ0v) is 21.9. The van der Waals surface area contributed by atoms with Gasteiger partial charge in [-0.05, 0) is 69.8 Å². The summed E-state index contributed by atoms with van der Waals surface area (Å²) in [5.74, 6) is 0.807. The highest BCUT2D eigenvalue weighted by molar-refractivity contribution is 5.96.